The Morgan fingerprint density at radius 2 is 1.67 bits per heavy atom. The number of hydrogen-bond acceptors (Lipinski definition) is 3. The third kappa shape index (κ3) is 3.93. The topological polar surface area (TPSA) is 51.8 Å². The summed E-state index contributed by atoms with van der Waals surface area (Å²) >= 11 is 0. The smallest absolute Gasteiger partial charge is 0.161 e. The Morgan fingerprint density at radius 3 is 2.43 bits per heavy atom. The van der Waals surface area contributed by atoms with Gasteiger partial charge in [-0.15, -0.1) is 0 Å². The average Bonchev–Trinajstić information content (AvgIpc) is 2.45. The molecule has 0 saturated heterocycles. The minimum atomic E-state index is 0.775. The molecule has 2 N–H and O–H groups in total. The second-order valence-electron chi connectivity index (χ2n) is 5.93. The van der Waals surface area contributed by atoms with E-state index < -0.39 is 0 Å². The lowest BCUT2D eigenvalue weighted by Gasteiger charge is -2.12. The molecule has 0 aliphatic carbocycles. The van der Waals surface area contributed by atoms with Gasteiger partial charge in [0.15, 0.2) is 5.65 Å². The van der Waals surface area contributed by atoms with Crippen LogP contribution in [0.1, 0.15) is 62.4 Å². The average molecular weight is 285 g/mol. The molecule has 0 aliphatic rings. The lowest BCUT2D eigenvalue weighted by atomic mass is 10.0. The third-order valence-corrected chi connectivity index (χ3v) is 4.12. The summed E-state index contributed by atoms with van der Waals surface area (Å²) in [5, 5.41) is 0.993. The van der Waals surface area contributed by atoms with Crippen LogP contribution < -0.4 is 5.73 Å². The Kier molecular flexibility index (Phi) is 5.54. The molecule has 0 radical (unpaired) electrons. The number of nitrogens with zero attached hydrogens (tertiary/aromatic N) is 2. The van der Waals surface area contributed by atoms with E-state index in [1.54, 1.807) is 0 Å². The van der Waals surface area contributed by atoms with Crippen molar-refractivity contribution in [3.63, 3.8) is 0 Å². The van der Waals surface area contributed by atoms with E-state index in [2.05, 4.69) is 16.9 Å². The van der Waals surface area contributed by atoms with Gasteiger partial charge in [0.1, 0.15) is 0 Å². The van der Waals surface area contributed by atoms with Gasteiger partial charge in [0.25, 0.3) is 0 Å². The fourth-order valence-corrected chi connectivity index (χ4v) is 2.82. The third-order valence-electron chi connectivity index (χ3n) is 4.12. The monoisotopic (exact) mass is 285 g/mol. The molecule has 2 heterocycles. The Morgan fingerprint density at radius 1 is 0.952 bits per heavy atom. The van der Waals surface area contributed by atoms with Crippen LogP contribution in [0.25, 0.3) is 11.0 Å². The van der Waals surface area contributed by atoms with E-state index in [9.17, 15) is 0 Å². The summed E-state index contributed by atoms with van der Waals surface area (Å²) in [7, 11) is 0. The summed E-state index contributed by atoms with van der Waals surface area (Å²) < 4.78 is 0. The largest absolute Gasteiger partial charge is 0.398 e. The fourth-order valence-electron chi connectivity index (χ4n) is 2.82. The van der Waals surface area contributed by atoms with Crippen molar-refractivity contribution >= 4 is 16.7 Å². The van der Waals surface area contributed by atoms with Gasteiger partial charge >= 0.3 is 0 Å². The highest BCUT2D eigenvalue weighted by Gasteiger charge is 2.10. The SMILES string of the molecule is CCCCCCCCc1c(C)nc2nc(C)ccc2c1N. The van der Waals surface area contributed by atoms with E-state index in [0.717, 1.165) is 34.5 Å². The number of hydrogen-bond donors (Lipinski definition) is 1. The summed E-state index contributed by atoms with van der Waals surface area (Å²) in [4.78, 5) is 9.11. The van der Waals surface area contributed by atoms with Crippen LogP contribution in [0.3, 0.4) is 0 Å². The second-order valence-corrected chi connectivity index (χ2v) is 5.93. The van der Waals surface area contributed by atoms with Crippen molar-refractivity contribution in [2.75, 3.05) is 5.73 Å². The molecule has 0 aliphatic heterocycles. The van der Waals surface area contributed by atoms with Crippen molar-refractivity contribution in [2.45, 2.75) is 65.7 Å². The summed E-state index contributed by atoms with van der Waals surface area (Å²) in [6.45, 7) is 6.28. The molecule has 21 heavy (non-hydrogen) atoms. The number of fused-ring (bicyclic) bond motifs is 1. The van der Waals surface area contributed by atoms with Crippen molar-refractivity contribution in [3.05, 3.63) is 29.1 Å². The maximum absolute atomic E-state index is 6.35. The lowest BCUT2D eigenvalue weighted by Crippen LogP contribution is -2.03. The minimum absolute atomic E-state index is 0.775. The van der Waals surface area contributed by atoms with Gasteiger partial charge in [-0.1, -0.05) is 39.0 Å². The molecule has 2 aromatic rings. The second kappa shape index (κ2) is 7.39. The Balaban J connectivity index is 2.07. The van der Waals surface area contributed by atoms with E-state index in [-0.39, 0.29) is 0 Å². The molecule has 0 unspecified atom stereocenters. The van der Waals surface area contributed by atoms with Crippen LogP contribution in [0, 0.1) is 13.8 Å². The Labute approximate surface area is 128 Å². The van der Waals surface area contributed by atoms with Crippen LogP contribution >= 0.6 is 0 Å². The zero-order valence-electron chi connectivity index (χ0n) is 13.6. The van der Waals surface area contributed by atoms with Gasteiger partial charge in [-0.2, -0.15) is 0 Å². The van der Waals surface area contributed by atoms with Crippen molar-refractivity contribution in [1.82, 2.24) is 9.97 Å². The maximum Gasteiger partial charge on any atom is 0.161 e. The minimum Gasteiger partial charge on any atom is -0.398 e. The van der Waals surface area contributed by atoms with Crippen molar-refractivity contribution < 1.29 is 0 Å². The first-order chi connectivity index (χ1) is 10.1. The molecule has 3 heteroatoms. The van der Waals surface area contributed by atoms with Crippen LogP contribution in [-0.2, 0) is 6.42 Å². The summed E-state index contributed by atoms with van der Waals surface area (Å²) in [5.74, 6) is 0. The van der Waals surface area contributed by atoms with Gasteiger partial charge in [-0.05, 0) is 44.4 Å². The molecule has 0 aromatic carbocycles. The van der Waals surface area contributed by atoms with Crippen LogP contribution in [-0.4, -0.2) is 9.97 Å². The van der Waals surface area contributed by atoms with Crippen LogP contribution in [0.5, 0.6) is 0 Å². The van der Waals surface area contributed by atoms with Crippen molar-refractivity contribution in [1.29, 1.82) is 0 Å². The first-order valence-electron chi connectivity index (χ1n) is 8.15. The molecule has 0 fully saturated rings. The predicted molar refractivity (Wildman–Crippen MR) is 90.5 cm³/mol. The number of nitrogens with two attached hydrogens (primary N) is 1. The molecule has 2 rings (SSSR count). The van der Waals surface area contributed by atoms with E-state index in [1.807, 2.05) is 26.0 Å². The number of rotatable bonds is 7. The van der Waals surface area contributed by atoms with Gasteiger partial charge in [-0.25, -0.2) is 9.97 Å². The molecule has 0 bridgehead atoms. The predicted octanol–water partition coefficient (Wildman–Crippen LogP) is 4.73. The fraction of sp³-hybridized carbons (Fsp3) is 0.556. The normalized spacial score (nSPS) is 11.2. The molecular formula is C18H27N3. The van der Waals surface area contributed by atoms with E-state index in [4.69, 9.17) is 5.73 Å². The molecule has 0 saturated carbocycles. The van der Waals surface area contributed by atoms with E-state index in [0.29, 0.717) is 0 Å². The van der Waals surface area contributed by atoms with Crippen LogP contribution in [0.4, 0.5) is 5.69 Å². The number of unbranched alkanes of at least 4 members (excludes halogenated alkanes) is 5. The number of pyridine rings is 2. The highest BCUT2D eigenvalue weighted by Crippen LogP contribution is 2.26. The number of aromatic nitrogens is 2. The standard InChI is InChI=1S/C18H27N3/c1-4-5-6-7-8-9-10-15-14(3)21-18-16(17(15)19)12-11-13(2)20-18/h11-12H,4-10H2,1-3H3,(H2,19,20,21). The zero-order valence-corrected chi connectivity index (χ0v) is 13.6. The van der Waals surface area contributed by atoms with E-state index in [1.165, 1.54) is 44.1 Å². The Hall–Kier alpha value is -1.64. The summed E-state index contributed by atoms with van der Waals surface area (Å²) in [5.41, 5.74) is 11.2. The molecule has 3 nitrogen and oxygen atoms in total. The quantitative estimate of drug-likeness (QED) is 0.748. The van der Waals surface area contributed by atoms with Gasteiger partial charge in [0, 0.05) is 22.5 Å². The van der Waals surface area contributed by atoms with Gasteiger partial charge in [0.2, 0.25) is 0 Å². The van der Waals surface area contributed by atoms with E-state index >= 15 is 0 Å². The number of anilines is 1. The summed E-state index contributed by atoms with van der Waals surface area (Å²) in [6.07, 6.45) is 8.83. The Bertz CT molecular complexity index is 605. The first kappa shape index (κ1) is 15.7. The van der Waals surface area contributed by atoms with Gasteiger partial charge in [0.05, 0.1) is 0 Å². The molecule has 0 atom stereocenters. The maximum atomic E-state index is 6.35. The molecular weight excluding hydrogens is 258 g/mol. The first-order valence-corrected chi connectivity index (χ1v) is 8.15. The number of aryl methyl sites for hydroxylation is 2. The van der Waals surface area contributed by atoms with Crippen LogP contribution in [0.2, 0.25) is 0 Å². The van der Waals surface area contributed by atoms with Crippen molar-refractivity contribution in [3.8, 4) is 0 Å². The van der Waals surface area contributed by atoms with Gasteiger partial charge < -0.3 is 5.73 Å². The lowest BCUT2D eigenvalue weighted by molar-refractivity contribution is 0.607. The van der Waals surface area contributed by atoms with Crippen LogP contribution in [0.15, 0.2) is 12.1 Å². The molecule has 0 amide bonds. The zero-order chi connectivity index (χ0) is 15.2. The molecule has 0 spiro atoms. The molecule has 114 valence electrons. The highest BCUT2D eigenvalue weighted by molar-refractivity contribution is 5.89. The van der Waals surface area contributed by atoms with Crippen molar-refractivity contribution in [2.24, 2.45) is 0 Å². The number of nitrogen functional groups attached to an aromatic ring is 1. The highest BCUT2D eigenvalue weighted by atomic mass is 14.9. The molecule has 2 aromatic heterocycles. The summed E-state index contributed by atoms with van der Waals surface area (Å²) in [6, 6.07) is 4.05. The van der Waals surface area contributed by atoms with Gasteiger partial charge in [-0.3, -0.25) is 0 Å².